The summed E-state index contributed by atoms with van der Waals surface area (Å²) in [5.74, 6) is 3.22. The fraction of sp³-hybridized carbons (Fsp3) is 0.417. The van der Waals surface area contributed by atoms with Crippen LogP contribution in [0.3, 0.4) is 0 Å². The Hall–Kier alpha value is -1.60. The number of rotatable bonds is 3. The Bertz CT molecular complexity index is 549. The van der Waals surface area contributed by atoms with Crippen molar-refractivity contribution in [1.29, 1.82) is 0 Å². The molecule has 0 bridgehead atoms. The summed E-state index contributed by atoms with van der Waals surface area (Å²) in [4.78, 5) is 2.38. The summed E-state index contributed by atoms with van der Waals surface area (Å²) in [6.07, 6.45) is 0. The third-order valence-corrected chi connectivity index (χ3v) is 4.06. The third kappa shape index (κ3) is 2.87. The second kappa shape index (κ2) is 5.58. The Morgan fingerprint density at radius 2 is 2.11 bits per heavy atom. The molecule has 0 unspecified atom stereocenters. The lowest BCUT2D eigenvalue weighted by Crippen LogP contribution is -2.33. The lowest BCUT2D eigenvalue weighted by atomic mass is 10.3. The molecule has 1 aromatic heterocycles. The van der Waals surface area contributed by atoms with Gasteiger partial charge in [-0.2, -0.15) is 16.4 Å². The molecule has 0 radical (unpaired) electrons. The van der Waals surface area contributed by atoms with E-state index in [1.807, 2.05) is 36.0 Å². The second-order valence-corrected chi connectivity index (χ2v) is 5.72. The van der Waals surface area contributed by atoms with Crippen LogP contribution in [0, 0.1) is 0 Å². The van der Waals surface area contributed by atoms with Gasteiger partial charge in [-0.25, -0.2) is 0 Å². The lowest BCUT2D eigenvalue weighted by molar-refractivity contribution is 0.284. The van der Waals surface area contributed by atoms with E-state index in [0.29, 0.717) is 5.69 Å². The summed E-state index contributed by atoms with van der Waals surface area (Å²) in [5.41, 5.74) is 7.43. The Kier molecular flexibility index (Phi) is 3.65. The number of hydrogen-bond acceptors (Lipinski definition) is 6. The van der Waals surface area contributed by atoms with E-state index in [2.05, 4.69) is 20.4 Å². The van der Waals surface area contributed by atoms with Gasteiger partial charge in [0.25, 0.3) is 0 Å². The van der Waals surface area contributed by atoms with Gasteiger partial charge < -0.3 is 5.73 Å². The molecule has 2 aromatic rings. The van der Waals surface area contributed by atoms with E-state index in [-0.39, 0.29) is 0 Å². The van der Waals surface area contributed by atoms with Crippen molar-refractivity contribution in [3.63, 3.8) is 0 Å². The number of benzene rings is 1. The first-order valence-electron chi connectivity index (χ1n) is 6.26. The van der Waals surface area contributed by atoms with Crippen LogP contribution in [0.5, 0.6) is 0 Å². The van der Waals surface area contributed by atoms with Gasteiger partial charge in [0.15, 0.2) is 5.82 Å². The number of aromatic nitrogens is 4. The highest BCUT2D eigenvalue weighted by Crippen LogP contribution is 2.15. The van der Waals surface area contributed by atoms with E-state index in [9.17, 15) is 0 Å². The summed E-state index contributed by atoms with van der Waals surface area (Å²) in [6.45, 7) is 2.96. The number of tetrazole rings is 1. The largest absolute Gasteiger partial charge is 0.399 e. The maximum absolute atomic E-state index is 5.80. The zero-order valence-electron chi connectivity index (χ0n) is 10.6. The van der Waals surface area contributed by atoms with Crippen molar-refractivity contribution >= 4 is 17.4 Å². The standard InChI is InChI=1S/C12H16N6S/c13-10-2-1-3-11(8-10)18-12(14-15-16-18)9-17-4-6-19-7-5-17/h1-3,8H,4-7,9,13H2. The van der Waals surface area contributed by atoms with E-state index in [0.717, 1.165) is 31.1 Å². The highest BCUT2D eigenvalue weighted by molar-refractivity contribution is 7.99. The van der Waals surface area contributed by atoms with E-state index in [1.165, 1.54) is 11.5 Å². The van der Waals surface area contributed by atoms with Crippen LogP contribution in [0.1, 0.15) is 5.82 Å². The van der Waals surface area contributed by atoms with Crippen molar-refractivity contribution in [2.24, 2.45) is 0 Å². The zero-order chi connectivity index (χ0) is 13.1. The quantitative estimate of drug-likeness (QED) is 0.836. The van der Waals surface area contributed by atoms with Crippen LogP contribution in [0.25, 0.3) is 5.69 Å². The minimum atomic E-state index is 0.716. The highest BCUT2D eigenvalue weighted by Gasteiger charge is 2.15. The van der Waals surface area contributed by atoms with Crippen molar-refractivity contribution in [3.8, 4) is 5.69 Å². The van der Waals surface area contributed by atoms with Crippen molar-refractivity contribution in [1.82, 2.24) is 25.1 Å². The number of nitrogen functional groups attached to an aromatic ring is 1. The molecular weight excluding hydrogens is 260 g/mol. The van der Waals surface area contributed by atoms with Crippen LogP contribution >= 0.6 is 11.8 Å². The molecule has 1 saturated heterocycles. The summed E-state index contributed by atoms with van der Waals surface area (Å²) in [6, 6.07) is 7.61. The molecule has 2 N–H and O–H groups in total. The first-order valence-corrected chi connectivity index (χ1v) is 7.42. The van der Waals surface area contributed by atoms with E-state index in [4.69, 9.17) is 5.73 Å². The topological polar surface area (TPSA) is 72.9 Å². The second-order valence-electron chi connectivity index (χ2n) is 4.49. The molecule has 1 aliphatic heterocycles. The van der Waals surface area contributed by atoms with Gasteiger partial charge in [-0.1, -0.05) is 6.07 Å². The molecule has 1 aromatic carbocycles. The number of anilines is 1. The van der Waals surface area contributed by atoms with Gasteiger partial charge in [0.2, 0.25) is 0 Å². The molecule has 2 heterocycles. The predicted molar refractivity (Wildman–Crippen MR) is 76.2 cm³/mol. The number of nitrogens with zero attached hydrogens (tertiary/aromatic N) is 5. The summed E-state index contributed by atoms with van der Waals surface area (Å²) in [7, 11) is 0. The highest BCUT2D eigenvalue weighted by atomic mass is 32.2. The minimum absolute atomic E-state index is 0.716. The fourth-order valence-electron chi connectivity index (χ4n) is 2.12. The van der Waals surface area contributed by atoms with Gasteiger partial charge in [0.05, 0.1) is 12.2 Å². The smallest absolute Gasteiger partial charge is 0.170 e. The van der Waals surface area contributed by atoms with Crippen LogP contribution in [0.2, 0.25) is 0 Å². The molecule has 0 atom stereocenters. The normalized spacial score (nSPS) is 16.6. The van der Waals surface area contributed by atoms with Crippen molar-refractivity contribution in [2.75, 3.05) is 30.3 Å². The molecule has 7 heteroatoms. The van der Waals surface area contributed by atoms with E-state index < -0.39 is 0 Å². The van der Waals surface area contributed by atoms with E-state index in [1.54, 1.807) is 4.68 Å². The molecule has 0 saturated carbocycles. The molecule has 6 nitrogen and oxygen atoms in total. The van der Waals surface area contributed by atoms with Gasteiger partial charge >= 0.3 is 0 Å². The maximum atomic E-state index is 5.80. The zero-order valence-corrected chi connectivity index (χ0v) is 11.4. The molecule has 19 heavy (non-hydrogen) atoms. The minimum Gasteiger partial charge on any atom is -0.399 e. The number of hydrogen-bond donors (Lipinski definition) is 1. The Morgan fingerprint density at radius 3 is 2.89 bits per heavy atom. The van der Waals surface area contributed by atoms with Crippen LogP contribution in [-0.2, 0) is 6.54 Å². The van der Waals surface area contributed by atoms with Gasteiger partial charge in [-0.15, -0.1) is 5.10 Å². The van der Waals surface area contributed by atoms with Crippen molar-refractivity contribution < 1.29 is 0 Å². The molecule has 1 fully saturated rings. The van der Waals surface area contributed by atoms with Crippen molar-refractivity contribution in [2.45, 2.75) is 6.54 Å². The fourth-order valence-corrected chi connectivity index (χ4v) is 3.10. The van der Waals surface area contributed by atoms with Crippen molar-refractivity contribution in [3.05, 3.63) is 30.1 Å². The molecular formula is C12H16N6S. The van der Waals surface area contributed by atoms with Gasteiger partial charge in [0.1, 0.15) is 0 Å². The molecule has 0 aliphatic carbocycles. The summed E-state index contributed by atoms with van der Waals surface area (Å²) in [5, 5.41) is 12.0. The van der Waals surface area contributed by atoms with Crippen LogP contribution in [0.15, 0.2) is 24.3 Å². The van der Waals surface area contributed by atoms with E-state index >= 15 is 0 Å². The van der Waals surface area contributed by atoms with Crippen LogP contribution < -0.4 is 5.73 Å². The molecule has 1 aliphatic rings. The van der Waals surface area contributed by atoms with Gasteiger partial charge in [-0.3, -0.25) is 4.90 Å². The Balaban J connectivity index is 1.81. The maximum Gasteiger partial charge on any atom is 0.170 e. The van der Waals surface area contributed by atoms with Crippen LogP contribution in [0.4, 0.5) is 5.69 Å². The predicted octanol–water partition coefficient (Wildman–Crippen LogP) is 0.793. The monoisotopic (exact) mass is 276 g/mol. The summed E-state index contributed by atoms with van der Waals surface area (Å²) >= 11 is 2.00. The molecule has 0 spiro atoms. The van der Waals surface area contributed by atoms with Gasteiger partial charge in [0, 0.05) is 30.3 Å². The molecule has 0 amide bonds. The Labute approximate surface area is 116 Å². The average molecular weight is 276 g/mol. The number of thioether (sulfide) groups is 1. The first kappa shape index (κ1) is 12.4. The SMILES string of the molecule is Nc1cccc(-n2nnnc2CN2CCSCC2)c1. The third-order valence-electron chi connectivity index (χ3n) is 3.12. The molecule has 100 valence electrons. The first-order chi connectivity index (χ1) is 9.33. The average Bonchev–Trinajstić information content (AvgIpc) is 2.88. The lowest BCUT2D eigenvalue weighted by Gasteiger charge is -2.25. The van der Waals surface area contributed by atoms with Crippen LogP contribution in [-0.4, -0.2) is 49.7 Å². The number of nitrogens with two attached hydrogens (primary N) is 1. The Morgan fingerprint density at radius 1 is 1.26 bits per heavy atom. The van der Waals surface area contributed by atoms with Gasteiger partial charge in [-0.05, 0) is 28.6 Å². The molecule has 3 rings (SSSR count). The summed E-state index contributed by atoms with van der Waals surface area (Å²) < 4.78 is 1.76.